The van der Waals surface area contributed by atoms with Gasteiger partial charge in [-0.2, -0.15) is 5.10 Å². The summed E-state index contributed by atoms with van der Waals surface area (Å²) in [6, 6.07) is 6.52. The molecule has 1 saturated heterocycles. The lowest BCUT2D eigenvalue weighted by Gasteiger charge is -2.33. The van der Waals surface area contributed by atoms with Crippen molar-refractivity contribution >= 4 is 5.91 Å². The number of likely N-dealkylation sites (tertiary alicyclic amines) is 1. The van der Waals surface area contributed by atoms with E-state index in [1.165, 1.54) is 12.3 Å². The number of amides is 1. The molecule has 1 atom stereocenters. The summed E-state index contributed by atoms with van der Waals surface area (Å²) in [6.45, 7) is 3.36. The molecule has 2 aromatic rings. The third-order valence-corrected chi connectivity index (χ3v) is 4.58. The number of nitrogens with two attached hydrogens (primary N) is 1. The first-order valence-corrected chi connectivity index (χ1v) is 7.91. The van der Waals surface area contributed by atoms with Gasteiger partial charge in [-0.15, -0.1) is 0 Å². The Hall–Kier alpha value is -2.21. The molecule has 1 aliphatic heterocycles. The standard InChI is InChI=1S/C17H21FN4O/c1-11(19)12-6-8-22(9-7-12)17(23)14-10-20-21-16(14)13-4-2-3-5-15(13)18/h2-5,10-12H,6-9,19H2,1H3,(H,20,21). The number of benzene rings is 1. The molecule has 23 heavy (non-hydrogen) atoms. The molecule has 5 nitrogen and oxygen atoms in total. The average Bonchev–Trinajstić information content (AvgIpc) is 3.04. The van der Waals surface area contributed by atoms with Crippen molar-refractivity contribution in [3.05, 3.63) is 41.8 Å². The number of hydrogen-bond donors (Lipinski definition) is 2. The number of carbonyl (C=O) groups is 1. The Labute approximate surface area is 134 Å². The Bertz CT molecular complexity index is 689. The van der Waals surface area contributed by atoms with Crippen LogP contribution in [0.1, 0.15) is 30.1 Å². The zero-order valence-electron chi connectivity index (χ0n) is 13.1. The average molecular weight is 316 g/mol. The van der Waals surface area contributed by atoms with Crippen molar-refractivity contribution < 1.29 is 9.18 Å². The van der Waals surface area contributed by atoms with Crippen molar-refractivity contribution in [2.75, 3.05) is 13.1 Å². The Morgan fingerprint density at radius 1 is 1.39 bits per heavy atom. The van der Waals surface area contributed by atoms with Crippen LogP contribution >= 0.6 is 0 Å². The zero-order chi connectivity index (χ0) is 16.4. The van der Waals surface area contributed by atoms with Crippen LogP contribution in [0.2, 0.25) is 0 Å². The fourth-order valence-electron chi connectivity index (χ4n) is 3.12. The first-order valence-electron chi connectivity index (χ1n) is 7.91. The van der Waals surface area contributed by atoms with Crippen LogP contribution in [0.25, 0.3) is 11.3 Å². The summed E-state index contributed by atoms with van der Waals surface area (Å²) in [5, 5.41) is 6.69. The van der Waals surface area contributed by atoms with Crippen LogP contribution in [-0.2, 0) is 0 Å². The summed E-state index contributed by atoms with van der Waals surface area (Å²) in [5.41, 5.74) is 7.14. The molecule has 122 valence electrons. The van der Waals surface area contributed by atoms with Crippen LogP contribution < -0.4 is 5.73 Å². The molecule has 1 aromatic heterocycles. The summed E-state index contributed by atoms with van der Waals surface area (Å²) < 4.78 is 14.0. The molecule has 3 N–H and O–H groups in total. The molecular formula is C17H21FN4O. The molecule has 0 aliphatic carbocycles. The highest BCUT2D eigenvalue weighted by Gasteiger charge is 2.28. The number of nitrogens with zero attached hydrogens (tertiary/aromatic N) is 2. The minimum absolute atomic E-state index is 0.111. The van der Waals surface area contributed by atoms with E-state index in [1.54, 1.807) is 23.1 Å². The number of piperidine rings is 1. The lowest BCUT2D eigenvalue weighted by molar-refractivity contribution is 0.0682. The van der Waals surface area contributed by atoms with Gasteiger partial charge >= 0.3 is 0 Å². The topological polar surface area (TPSA) is 75.0 Å². The second-order valence-electron chi connectivity index (χ2n) is 6.13. The molecule has 0 saturated carbocycles. The molecular weight excluding hydrogens is 295 g/mol. The fraction of sp³-hybridized carbons (Fsp3) is 0.412. The van der Waals surface area contributed by atoms with Gasteiger partial charge in [-0.1, -0.05) is 12.1 Å². The van der Waals surface area contributed by atoms with Gasteiger partial charge in [0, 0.05) is 24.7 Å². The van der Waals surface area contributed by atoms with E-state index in [0.29, 0.717) is 35.8 Å². The van der Waals surface area contributed by atoms with E-state index in [2.05, 4.69) is 10.2 Å². The van der Waals surface area contributed by atoms with Gasteiger partial charge in [0.1, 0.15) is 5.82 Å². The number of H-pyrrole nitrogens is 1. The molecule has 1 unspecified atom stereocenters. The first kappa shape index (κ1) is 15.7. The number of nitrogens with one attached hydrogen (secondary N) is 1. The van der Waals surface area contributed by atoms with Crippen molar-refractivity contribution in [1.29, 1.82) is 0 Å². The van der Waals surface area contributed by atoms with Gasteiger partial charge < -0.3 is 10.6 Å². The summed E-state index contributed by atoms with van der Waals surface area (Å²) in [6.07, 6.45) is 3.27. The molecule has 1 aromatic carbocycles. The van der Waals surface area contributed by atoms with Crippen LogP contribution in [0.5, 0.6) is 0 Å². The number of aromatic amines is 1. The van der Waals surface area contributed by atoms with Crippen LogP contribution in [0.15, 0.2) is 30.5 Å². The highest BCUT2D eigenvalue weighted by atomic mass is 19.1. The highest BCUT2D eigenvalue weighted by molar-refractivity contribution is 5.99. The van der Waals surface area contributed by atoms with Crippen molar-refractivity contribution in [2.45, 2.75) is 25.8 Å². The predicted molar refractivity (Wildman–Crippen MR) is 86.3 cm³/mol. The Morgan fingerprint density at radius 3 is 2.74 bits per heavy atom. The lowest BCUT2D eigenvalue weighted by atomic mass is 9.90. The number of carbonyl (C=O) groups excluding carboxylic acids is 1. The lowest BCUT2D eigenvalue weighted by Crippen LogP contribution is -2.42. The molecule has 1 amide bonds. The van der Waals surface area contributed by atoms with E-state index in [1.807, 2.05) is 6.92 Å². The van der Waals surface area contributed by atoms with Crippen molar-refractivity contribution in [1.82, 2.24) is 15.1 Å². The van der Waals surface area contributed by atoms with E-state index in [9.17, 15) is 9.18 Å². The SMILES string of the molecule is CC(N)C1CCN(C(=O)c2cn[nH]c2-c2ccccc2F)CC1. The maximum Gasteiger partial charge on any atom is 0.257 e. The van der Waals surface area contributed by atoms with Gasteiger partial charge in [0.25, 0.3) is 5.91 Å². The molecule has 1 aliphatic rings. The van der Waals surface area contributed by atoms with E-state index in [4.69, 9.17) is 5.73 Å². The van der Waals surface area contributed by atoms with E-state index >= 15 is 0 Å². The van der Waals surface area contributed by atoms with Gasteiger partial charge in [-0.25, -0.2) is 4.39 Å². The van der Waals surface area contributed by atoms with Gasteiger partial charge in [-0.3, -0.25) is 9.89 Å². The molecule has 0 spiro atoms. The van der Waals surface area contributed by atoms with E-state index < -0.39 is 0 Å². The maximum absolute atomic E-state index is 14.0. The van der Waals surface area contributed by atoms with E-state index in [-0.39, 0.29) is 17.8 Å². The van der Waals surface area contributed by atoms with Gasteiger partial charge in [0.05, 0.1) is 17.5 Å². The first-order chi connectivity index (χ1) is 11.1. The molecule has 0 bridgehead atoms. The van der Waals surface area contributed by atoms with Gasteiger partial charge in [0.15, 0.2) is 0 Å². The normalized spacial score (nSPS) is 17.3. The highest BCUT2D eigenvalue weighted by Crippen LogP contribution is 2.27. The monoisotopic (exact) mass is 316 g/mol. The number of rotatable bonds is 3. The quantitative estimate of drug-likeness (QED) is 0.913. The number of halogens is 1. The Balaban J connectivity index is 1.80. The minimum Gasteiger partial charge on any atom is -0.339 e. The van der Waals surface area contributed by atoms with Crippen molar-refractivity contribution in [3.63, 3.8) is 0 Å². The third-order valence-electron chi connectivity index (χ3n) is 4.58. The Morgan fingerprint density at radius 2 is 2.09 bits per heavy atom. The predicted octanol–water partition coefficient (Wildman–Crippen LogP) is 2.42. The molecule has 3 rings (SSSR count). The largest absolute Gasteiger partial charge is 0.339 e. The smallest absolute Gasteiger partial charge is 0.257 e. The summed E-state index contributed by atoms with van der Waals surface area (Å²) >= 11 is 0. The zero-order valence-corrected chi connectivity index (χ0v) is 13.1. The second kappa shape index (κ2) is 6.50. The Kier molecular flexibility index (Phi) is 4.43. The minimum atomic E-state index is -0.374. The summed E-state index contributed by atoms with van der Waals surface area (Å²) in [7, 11) is 0. The van der Waals surface area contributed by atoms with Crippen molar-refractivity contribution in [3.8, 4) is 11.3 Å². The second-order valence-corrected chi connectivity index (χ2v) is 6.13. The van der Waals surface area contributed by atoms with Crippen LogP contribution in [-0.4, -0.2) is 40.1 Å². The number of hydrogen-bond acceptors (Lipinski definition) is 3. The van der Waals surface area contributed by atoms with E-state index in [0.717, 1.165) is 12.8 Å². The molecule has 2 heterocycles. The summed E-state index contributed by atoms with van der Waals surface area (Å²) in [4.78, 5) is 14.6. The van der Waals surface area contributed by atoms with Crippen LogP contribution in [0, 0.1) is 11.7 Å². The maximum atomic E-state index is 14.0. The number of aromatic nitrogens is 2. The molecule has 6 heteroatoms. The summed E-state index contributed by atoms with van der Waals surface area (Å²) in [5.74, 6) is -0.0315. The van der Waals surface area contributed by atoms with Crippen molar-refractivity contribution in [2.24, 2.45) is 11.7 Å². The van der Waals surface area contributed by atoms with Gasteiger partial charge in [0.2, 0.25) is 0 Å². The van der Waals surface area contributed by atoms with Crippen LogP contribution in [0.4, 0.5) is 4.39 Å². The third kappa shape index (κ3) is 3.12. The molecule has 0 radical (unpaired) electrons. The fourth-order valence-corrected chi connectivity index (χ4v) is 3.12. The van der Waals surface area contributed by atoms with Gasteiger partial charge in [-0.05, 0) is 37.8 Å². The van der Waals surface area contributed by atoms with Crippen LogP contribution in [0.3, 0.4) is 0 Å². The molecule has 1 fully saturated rings.